The third-order valence-corrected chi connectivity index (χ3v) is 3.86. The molecular weight excluding hydrogens is 224 g/mol. The predicted octanol–water partition coefficient (Wildman–Crippen LogP) is 1.77. The minimum atomic E-state index is 0.641. The molecule has 2 atom stereocenters. The van der Waals surface area contributed by atoms with Gasteiger partial charge in [-0.25, -0.2) is 0 Å². The van der Waals surface area contributed by atoms with Gasteiger partial charge in [0, 0.05) is 45.0 Å². The molecule has 2 unspecified atom stereocenters. The summed E-state index contributed by atoms with van der Waals surface area (Å²) in [6.07, 6.45) is 5.76. The van der Waals surface area contributed by atoms with E-state index in [1.54, 1.807) is 0 Å². The molecule has 0 saturated carbocycles. The average Bonchev–Trinajstić information content (AvgIpc) is 2.77. The second-order valence-electron chi connectivity index (χ2n) is 5.37. The van der Waals surface area contributed by atoms with Crippen molar-refractivity contribution < 1.29 is 0 Å². The Morgan fingerprint density at radius 1 is 1.44 bits per heavy atom. The van der Waals surface area contributed by atoms with E-state index in [0.717, 1.165) is 19.6 Å². The second-order valence-corrected chi connectivity index (χ2v) is 5.37. The zero-order chi connectivity index (χ0) is 13.0. The van der Waals surface area contributed by atoms with Crippen molar-refractivity contribution in [3.63, 3.8) is 0 Å². The van der Waals surface area contributed by atoms with Crippen LogP contribution in [0.4, 0.5) is 0 Å². The standard InChI is InChI=1S/C14H26N4/c1-4-6-14-9-15-12(5-2)10-18(14)11-13-7-8-17(3)16-13/h7-8,12,14-15H,4-6,9-11H2,1-3H3. The summed E-state index contributed by atoms with van der Waals surface area (Å²) in [4.78, 5) is 2.61. The lowest BCUT2D eigenvalue weighted by molar-refractivity contribution is 0.112. The molecule has 1 N–H and O–H groups in total. The lowest BCUT2D eigenvalue weighted by Gasteiger charge is -2.40. The molecule has 0 bridgehead atoms. The highest BCUT2D eigenvalue weighted by Gasteiger charge is 2.26. The van der Waals surface area contributed by atoms with Crippen molar-refractivity contribution in [1.29, 1.82) is 0 Å². The maximum atomic E-state index is 4.50. The minimum absolute atomic E-state index is 0.641. The van der Waals surface area contributed by atoms with Crippen LogP contribution >= 0.6 is 0 Å². The van der Waals surface area contributed by atoms with Gasteiger partial charge in [-0.15, -0.1) is 0 Å². The molecule has 1 aliphatic heterocycles. The summed E-state index contributed by atoms with van der Waals surface area (Å²) >= 11 is 0. The molecule has 4 heteroatoms. The minimum Gasteiger partial charge on any atom is -0.311 e. The van der Waals surface area contributed by atoms with Gasteiger partial charge in [0.1, 0.15) is 0 Å². The van der Waals surface area contributed by atoms with Crippen molar-refractivity contribution in [1.82, 2.24) is 20.0 Å². The Bertz CT molecular complexity index is 360. The van der Waals surface area contributed by atoms with Crippen LogP contribution in [0.5, 0.6) is 0 Å². The highest BCUT2D eigenvalue weighted by Crippen LogP contribution is 2.16. The monoisotopic (exact) mass is 250 g/mol. The number of aromatic nitrogens is 2. The maximum Gasteiger partial charge on any atom is 0.0764 e. The van der Waals surface area contributed by atoms with Gasteiger partial charge in [0.2, 0.25) is 0 Å². The summed E-state index contributed by atoms with van der Waals surface area (Å²) in [5, 5.41) is 8.16. The molecule has 1 fully saturated rings. The Morgan fingerprint density at radius 2 is 2.28 bits per heavy atom. The Labute approximate surface area is 110 Å². The van der Waals surface area contributed by atoms with Crippen molar-refractivity contribution in [2.75, 3.05) is 13.1 Å². The zero-order valence-electron chi connectivity index (χ0n) is 11.9. The van der Waals surface area contributed by atoms with Crippen molar-refractivity contribution >= 4 is 0 Å². The third kappa shape index (κ3) is 3.33. The van der Waals surface area contributed by atoms with Crippen LogP contribution in [0.25, 0.3) is 0 Å². The van der Waals surface area contributed by atoms with Gasteiger partial charge in [0.15, 0.2) is 0 Å². The first-order valence-corrected chi connectivity index (χ1v) is 7.18. The van der Waals surface area contributed by atoms with Gasteiger partial charge in [-0.1, -0.05) is 20.3 Å². The van der Waals surface area contributed by atoms with Gasteiger partial charge < -0.3 is 5.32 Å². The van der Waals surface area contributed by atoms with Gasteiger partial charge in [-0.3, -0.25) is 9.58 Å². The molecule has 0 radical (unpaired) electrons. The van der Waals surface area contributed by atoms with Crippen LogP contribution in [-0.2, 0) is 13.6 Å². The van der Waals surface area contributed by atoms with E-state index in [0.29, 0.717) is 12.1 Å². The lowest BCUT2D eigenvalue weighted by Crippen LogP contribution is -2.55. The number of piperazine rings is 1. The molecule has 102 valence electrons. The summed E-state index contributed by atoms with van der Waals surface area (Å²) in [6, 6.07) is 3.44. The lowest BCUT2D eigenvalue weighted by atomic mass is 10.0. The van der Waals surface area contributed by atoms with E-state index < -0.39 is 0 Å². The Morgan fingerprint density at radius 3 is 2.89 bits per heavy atom. The quantitative estimate of drug-likeness (QED) is 0.864. The van der Waals surface area contributed by atoms with Crippen molar-refractivity contribution in [2.45, 2.75) is 51.7 Å². The zero-order valence-corrected chi connectivity index (χ0v) is 11.9. The smallest absolute Gasteiger partial charge is 0.0764 e. The van der Waals surface area contributed by atoms with Crippen LogP contribution in [0.15, 0.2) is 12.3 Å². The molecule has 2 rings (SSSR count). The largest absolute Gasteiger partial charge is 0.311 e. The Kier molecular flexibility index (Phi) is 4.78. The fraction of sp³-hybridized carbons (Fsp3) is 0.786. The number of rotatable bonds is 5. The molecule has 0 amide bonds. The first-order valence-electron chi connectivity index (χ1n) is 7.18. The van der Waals surface area contributed by atoms with Gasteiger partial charge in [0.05, 0.1) is 5.69 Å². The number of hydrogen-bond acceptors (Lipinski definition) is 3. The summed E-state index contributed by atoms with van der Waals surface area (Å²) < 4.78 is 1.89. The van der Waals surface area contributed by atoms with E-state index in [1.165, 1.54) is 25.0 Å². The van der Waals surface area contributed by atoms with Gasteiger partial charge >= 0.3 is 0 Å². The van der Waals surface area contributed by atoms with E-state index >= 15 is 0 Å². The molecule has 2 heterocycles. The fourth-order valence-electron chi connectivity index (χ4n) is 2.77. The van der Waals surface area contributed by atoms with E-state index in [2.05, 4.69) is 35.2 Å². The molecule has 0 aliphatic carbocycles. The van der Waals surface area contributed by atoms with Gasteiger partial charge in [0.25, 0.3) is 0 Å². The summed E-state index contributed by atoms with van der Waals surface area (Å²) in [6.45, 7) is 7.79. The molecule has 1 aromatic heterocycles. The normalized spacial score (nSPS) is 25.5. The third-order valence-electron chi connectivity index (χ3n) is 3.86. The average molecular weight is 250 g/mol. The van der Waals surface area contributed by atoms with E-state index in [4.69, 9.17) is 0 Å². The van der Waals surface area contributed by atoms with Crippen molar-refractivity contribution in [3.8, 4) is 0 Å². The van der Waals surface area contributed by atoms with Crippen LogP contribution in [0.1, 0.15) is 38.8 Å². The first kappa shape index (κ1) is 13.6. The van der Waals surface area contributed by atoms with E-state index in [-0.39, 0.29) is 0 Å². The second kappa shape index (κ2) is 6.34. The molecule has 0 aromatic carbocycles. The molecular formula is C14H26N4. The summed E-state index contributed by atoms with van der Waals surface area (Å²) in [5.41, 5.74) is 1.19. The van der Waals surface area contributed by atoms with Crippen molar-refractivity contribution in [2.24, 2.45) is 7.05 Å². The van der Waals surface area contributed by atoms with E-state index in [9.17, 15) is 0 Å². The van der Waals surface area contributed by atoms with Gasteiger partial charge in [-0.05, 0) is 18.9 Å². The fourth-order valence-corrected chi connectivity index (χ4v) is 2.77. The summed E-state index contributed by atoms with van der Waals surface area (Å²) in [7, 11) is 1.99. The van der Waals surface area contributed by atoms with Crippen LogP contribution < -0.4 is 5.32 Å². The van der Waals surface area contributed by atoms with Crippen LogP contribution in [0.3, 0.4) is 0 Å². The number of hydrogen-bond donors (Lipinski definition) is 1. The molecule has 4 nitrogen and oxygen atoms in total. The summed E-state index contributed by atoms with van der Waals surface area (Å²) in [5.74, 6) is 0. The number of aryl methyl sites for hydroxylation is 1. The van der Waals surface area contributed by atoms with Gasteiger partial charge in [-0.2, -0.15) is 5.10 Å². The molecule has 0 spiro atoms. The highest BCUT2D eigenvalue weighted by molar-refractivity contribution is 5.00. The molecule has 1 aliphatic rings. The number of nitrogens with zero attached hydrogens (tertiary/aromatic N) is 3. The molecule has 1 saturated heterocycles. The maximum absolute atomic E-state index is 4.50. The Balaban J connectivity index is 2.00. The van der Waals surface area contributed by atoms with Crippen LogP contribution in [-0.4, -0.2) is 39.9 Å². The number of nitrogens with one attached hydrogen (secondary N) is 1. The van der Waals surface area contributed by atoms with E-state index in [1.807, 2.05) is 17.9 Å². The van der Waals surface area contributed by atoms with Crippen LogP contribution in [0, 0.1) is 0 Å². The SMILES string of the molecule is CCCC1CNC(CC)CN1Cc1ccn(C)n1. The Hall–Kier alpha value is -0.870. The highest BCUT2D eigenvalue weighted by atomic mass is 15.3. The topological polar surface area (TPSA) is 33.1 Å². The van der Waals surface area contributed by atoms with Crippen molar-refractivity contribution in [3.05, 3.63) is 18.0 Å². The molecule has 1 aromatic rings. The predicted molar refractivity (Wildman–Crippen MR) is 74.4 cm³/mol. The van der Waals surface area contributed by atoms with Crippen LogP contribution in [0.2, 0.25) is 0 Å². The molecule has 18 heavy (non-hydrogen) atoms. The first-order chi connectivity index (χ1) is 8.72.